The largest absolute Gasteiger partial charge is 0.479 e. The third-order valence-corrected chi connectivity index (χ3v) is 2.56. The number of nitrogens with one attached hydrogen (secondary N) is 2. The Morgan fingerprint density at radius 2 is 2.19 bits per heavy atom. The van der Waals surface area contributed by atoms with E-state index in [-0.39, 0.29) is 23.7 Å². The van der Waals surface area contributed by atoms with Crippen molar-refractivity contribution >= 4 is 11.7 Å². The van der Waals surface area contributed by atoms with Gasteiger partial charge in [0.15, 0.2) is 0 Å². The van der Waals surface area contributed by atoms with E-state index in [0.717, 1.165) is 18.2 Å². The summed E-state index contributed by atoms with van der Waals surface area (Å²) in [6, 6.07) is 2.40. The van der Waals surface area contributed by atoms with E-state index in [0.29, 0.717) is 0 Å². The molecule has 0 aliphatic carbocycles. The lowest BCUT2D eigenvalue weighted by atomic mass is 10.2. The fraction of sp³-hybridized carbons (Fsp3) is 0.154. The number of nitrogens with zero attached hydrogens (tertiary/aromatic N) is 2. The third-order valence-electron chi connectivity index (χ3n) is 2.56. The van der Waals surface area contributed by atoms with E-state index in [1.807, 2.05) is 0 Å². The molecule has 0 aliphatic heterocycles. The number of anilines is 1. The van der Waals surface area contributed by atoms with Crippen LogP contribution < -0.4 is 15.4 Å². The number of carbonyl (C=O) groups is 1. The Morgan fingerprint density at radius 1 is 1.38 bits per heavy atom. The monoisotopic (exact) mass is 294 g/mol. The molecule has 6 nitrogen and oxygen atoms in total. The fourth-order valence-corrected chi connectivity index (χ4v) is 1.59. The fourth-order valence-electron chi connectivity index (χ4n) is 1.59. The van der Waals surface area contributed by atoms with Gasteiger partial charge in [-0.15, -0.1) is 0 Å². The zero-order valence-corrected chi connectivity index (χ0v) is 11.1. The lowest BCUT2D eigenvalue weighted by Gasteiger charge is -2.10. The maximum Gasteiger partial charge on any atom is 0.319 e. The lowest BCUT2D eigenvalue weighted by Crippen LogP contribution is -2.28. The summed E-state index contributed by atoms with van der Waals surface area (Å²) in [7, 11) is 1.40. The number of hydrogen-bond donors (Lipinski definition) is 2. The number of aromatic nitrogens is 2. The third kappa shape index (κ3) is 3.85. The summed E-state index contributed by atoms with van der Waals surface area (Å²) in [5.74, 6) is -0.985. The molecule has 8 heteroatoms. The van der Waals surface area contributed by atoms with Gasteiger partial charge in [-0.3, -0.25) is 0 Å². The van der Waals surface area contributed by atoms with Gasteiger partial charge in [-0.1, -0.05) is 0 Å². The van der Waals surface area contributed by atoms with E-state index in [4.69, 9.17) is 4.74 Å². The van der Waals surface area contributed by atoms with Crippen LogP contribution in [0.15, 0.2) is 30.7 Å². The highest BCUT2D eigenvalue weighted by molar-refractivity contribution is 5.90. The molecule has 2 rings (SSSR count). The molecule has 110 valence electrons. The number of ether oxygens (including phenoxy) is 1. The normalized spacial score (nSPS) is 10.0. The minimum Gasteiger partial charge on any atom is -0.479 e. The lowest BCUT2D eigenvalue weighted by molar-refractivity contribution is 0.251. The van der Waals surface area contributed by atoms with Crippen LogP contribution in [-0.2, 0) is 6.54 Å². The van der Waals surface area contributed by atoms with Crippen molar-refractivity contribution in [1.82, 2.24) is 15.3 Å². The van der Waals surface area contributed by atoms with Gasteiger partial charge in [-0.25, -0.2) is 18.6 Å². The average Bonchev–Trinajstić information content (AvgIpc) is 2.49. The molecule has 0 saturated carbocycles. The van der Waals surface area contributed by atoms with Gasteiger partial charge in [0.05, 0.1) is 13.3 Å². The van der Waals surface area contributed by atoms with Crippen LogP contribution in [0.25, 0.3) is 0 Å². The van der Waals surface area contributed by atoms with Gasteiger partial charge in [0.1, 0.15) is 23.6 Å². The summed E-state index contributed by atoms with van der Waals surface area (Å²) < 4.78 is 31.3. The molecule has 0 atom stereocenters. The van der Waals surface area contributed by atoms with Crippen molar-refractivity contribution in [2.24, 2.45) is 0 Å². The first-order valence-corrected chi connectivity index (χ1v) is 5.93. The second-order valence-corrected chi connectivity index (χ2v) is 3.99. The van der Waals surface area contributed by atoms with Crippen molar-refractivity contribution in [3.63, 3.8) is 0 Å². The van der Waals surface area contributed by atoms with Crippen LogP contribution in [0, 0.1) is 11.6 Å². The van der Waals surface area contributed by atoms with Crippen molar-refractivity contribution in [1.29, 1.82) is 0 Å². The number of urea groups is 1. The Bertz CT molecular complexity index is 652. The number of amides is 2. The smallest absolute Gasteiger partial charge is 0.319 e. The molecule has 2 aromatic rings. The second-order valence-electron chi connectivity index (χ2n) is 3.99. The predicted octanol–water partition coefficient (Wildman–Crippen LogP) is 2.09. The molecule has 2 N–H and O–H groups in total. The number of methoxy groups -OCH3 is 1. The molecular weight excluding hydrogens is 282 g/mol. The van der Waals surface area contributed by atoms with Crippen molar-refractivity contribution in [3.8, 4) is 5.88 Å². The zero-order valence-electron chi connectivity index (χ0n) is 11.1. The predicted molar refractivity (Wildman–Crippen MR) is 70.8 cm³/mol. The van der Waals surface area contributed by atoms with E-state index >= 15 is 0 Å². The minimum absolute atomic E-state index is 0.0430. The van der Waals surface area contributed by atoms with Crippen molar-refractivity contribution in [3.05, 3.63) is 47.9 Å². The standard InChI is InChI=1S/C13H12F2N4O2/c1-21-12-11(6-16-7-18-12)19-13(20)17-5-8-4-9(14)2-3-10(8)15/h2-4,6-7H,5H2,1H3,(H2,17,19,20). The molecule has 21 heavy (non-hydrogen) atoms. The summed E-state index contributed by atoms with van der Waals surface area (Å²) in [5, 5.41) is 4.85. The van der Waals surface area contributed by atoms with E-state index in [2.05, 4.69) is 20.6 Å². The first-order chi connectivity index (χ1) is 10.1. The topological polar surface area (TPSA) is 76.1 Å². The van der Waals surface area contributed by atoms with Gasteiger partial charge >= 0.3 is 6.03 Å². The van der Waals surface area contributed by atoms with Gasteiger partial charge in [-0.05, 0) is 18.2 Å². The van der Waals surface area contributed by atoms with Crippen LogP contribution in [0.4, 0.5) is 19.3 Å². The van der Waals surface area contributed by atoms with Gasteiger partial charge in [0.2, 0.25) is 5.88 Å². The Balaban J connectivity index is 1.97. The molecule has 0 radical (unpaired) electrons. The van der Waals surface area contributed by atoms with Gasteiger partial charge in [0.25, 0.3) is 0 Å². The van der Waals surface area contributed by atoms with Gasteiger partial charge in [-0.2, -0.15) is 4.98 Å². The van der Waals surface area contributed by atoms with Crippen molar-refractivity contribution in [2.75, 3.05) is 12.4 Å². The molecule has 0 unspecified atom stereocenters. The summed E-state index contributed by atoms with van der Waals surface area (Å²) in [4.78, 5) is 19.3. The SMILES string of the molecule is COc1ncncc1NC(=O)NCc1cc(F)ccc1F. The summed E-state index contributed by atoms with van der Waals surface area (Å²) >= 11 is 0. The highest BCUT2D eigenvalue weighted by Gasteiger charge is 2.10. The van der Waals surface area contributed by atoms with Gasteiger partial charge < -0.3 is 15.4 Å². The molecule has 0 spiro atoms. The van der Waals surface area contributed by atoms with E-state index < -0.39 is 17.7 Å². The number of benzene rings is 1. The number of halogens is 2. The molecule has 0 aliphatic rings. The van der Waals surface area contributed by atoms with Crippen molar-refractivity contribution < 1.29 is 18.3 Å². The molecular formula is C13H12F2N4O2. The first-order valence-electron chi connectivity index (χ1n) is 5.93. The average molecular weight is 294 g/mol. The summed E-state index contributed by atoms with van der Waals surface area (Å²) in [6.45, 7) is -0.161. The maximum absolute atomic E-state index is 13.4. The zero-order chi connectivity index (χ0) is 15.2. The summed E-state index contributed by atoms with van der Waals surface area (Å²) in [5.41, 5.74) is 0.304. The number of rotatable bonds is 4. The first kappa shape index (κ1) is 14.6. The van der Waals surface area contributed by atoms with Crippen molar-refractivity contribution in [2.45, 2.75) is 6.54 Å². The van der Waals surface area contributed by atoms with Crippen LogP contribution in [0.1, 0.15) is 5.56 Å². The van der Waals surface area contributed by atoms with Crippen LogP contribution >= 0.6 is 0 Å². The second kappa shape index (κ2) is 6.60. The molecule has 1 aromatic carbocycles. The Morgan fingerprint density at radius 3 is 2.95 bits per heavy atom. The molecule has 0 fully saturated rings. The number of hydrogen-bond acceptors (Lipinski definition) is 4. The Kier molecular flexibility index (Phi) is 4.60. The van der Waals surface area contributed by atoms with Crippen LogP contribution in [0.3, 0.4) is 0 Å². The summed E-state index contributed by atoms with van der Waals surface area (Å²) in [6.07, 6.45) is 2.62. The van der Waals surface area contributed by atoms with Crippen LogP contribution in [-0.4, -0.2) is 23.1 Å². The highest BCUT2D eigenvalue weighted by atomic mass is 19.1. The van der Waals surface area contributed by atoms with E-state index in [1.54, 1.807) is 0 Å². The Hall–Kier alpha value is -2.77. The quantitative estimate of drug-likeness (QED) is 0.905. The Labute approximate surface area is 119 Å². The molecule has 1 aromatic heterocycles. The molecule has 2 amide bonds. The molecule has 0 bridgehead atoms. The molecule has 0 saturated heterocycles. The number of carbonyl (C=O) groups excluding carboxylic acids is 1. The van der Waals surface area contributed by atoms with Gasteiger partial charge in [0, 0.05) is 12.1 Å². The van der Waals surface area contributed by atoms with E-state index in [9.17, 15) is 13.6 Å². The highest BCUT2D eigenvalue weighted by Crippen LogP contribution is 2.18. The van der Waals surface area contributed by atoms with E-state index in [1.165, 1.54) is 19.6 Å². The minimum atomic E-state index is -0.619. The van der Waals surface area contributed by atoms with Crippen LogP contribution in [0.2, 0.25) is 0 Å². The maximum atomic E-state index is 13.4. The van der Waals surface area contributed by atoms with Crippen LogP contribution in [0.5, 0.6) is 5.88 Å². The molecule has 1 heterocycles.